The molecule has 110 valence electrons. The maximum absolute atomic E-state index is 11.3. The molecule has 2 aromatic rings. The lowest BCUT2D eigenvalue weighted by molar-refractivity contribution is -0.114. The molecule has 0 aliphatic carbocycles. The van der Waals surface area contributed by atoms with E-state index in [9.17, 15) is 9.59 Å². The van der Waals surface area contributed by atoms with Gasteiger partial charge in [-0.15, -0.1) is 10.2 Å². The van der Waals surface area contributed by atoms with Crippen LogP contribution in [-0.2, 0) is 15.3 Å². The van der Waals surface area contributed by atoms with Gasteiger partial charge in [-0.2, -0.15) is 0 Å². The van der Waals surface area contributed by atoms with E-state index in [0.717, 1.165) is 9.90 Å². The number of nitrogens with zero attached hydrogens (tertiary/aromatic N) is 2. The molecule has 0 unspecified atom stereocenters. The second-order valence-corrected chi connectivity index (χ2v) is 6.23. The van der Waals surface area contributed by atoms with Gasteiger partial charge in [-0.25, -0.2) is 4.79 Å². The van der Waals surface area contributed by atoms with Crippen LogP contribution in [0, 0.1) is 0 Å². The first-order chi connectivity index (χ1) is 10.1. The molecule has 0 saturated heterocycles. The van der Waals surface area contributed by atoms with E-state index in [2.05, 4.69) is 20.3 Å². The highest BCUT2D eigenvalue weighted by Crippen LogP contribution is 2.28. The topological polar surface area (TPSA) is 81.2 Å². The highest BCUT2D eigenvalue weighted by atomic mass is 32.2. The Morgan fingerprint density at radius 2 is 2.00 bits per heavy atom. The largest absolute Gasteiger partial charge is 0.465 e. The standard InChI is InChI=1S/C13H13N3O3S2/c1-8(17)14-12-15-16-13(21-12)20-7-9-3-5-10(6-4-9)11(18)19-2/h3-6H,7H2,1-2H3,(H,14,15,17). The molecular weight excluding hydrogens is 310 g/mol. The average Bonchev–Trinajstić information content (AvgIpc) is 2.91. The van der Waals surface area contributed by atoms with Crippen molar-refractivity contribution in [2.45, 2.75) is 17.0 Å². The fourth-order valence-corrected chi connectivity index (χ4v) is 3.22. The number of ether oxygens (including phenoxy) is 1. The molecule has 2 rings (SSSR count). The predicted octanol–water partition coefficient (Wildman–Crippen LogP) is 2.58. The number of carbonyl (C=O) groups excluding carboxylic acids is 2. The number of hydrogen-bond donors (Lipinski definition) is 1. The zero-order valence-electron chi connectivity index (χ0n) is 11.5. The fourth-order valence-electron chi connectivity index (χ4n) is 1.47. The van der Waals surface area contributed by atoms with Crippen LogP contribution in [0.5, 0.6) is 0 Å². The summed E-state index contributed by atoms with van der Waals surface area (Å²) in [6, 6.07) is 7.19. The Labute approximate surface area is 129 Å². The second kappa shape index (κ2) is 7.19. The van der Waals surface area contributed by atoms with E-state index in [4.69, 9.17) is 0 Å². The summed E-state index contributed by atoms with van der Waals surface area (Å²) in [4.78, 5) is 22.2. The summed E-state index contributed by atoms with van der Waals surface area (Å²) >= 11 is 2.85. The van der Waals surface area contributed by atoms with Gasteiger partial charge in [0.15, 0.2) is 4.34 Å². The Balaban J connectivity index is 1.92. The number of aromatic nitrogens is 2. The lowest BCUT2D eigenvalue weighted by atomic mass is 10.1. The first-order valence-corrected chi connectivity index (χ1v) is 7.80. The Kier molecular flexibility index (Phi) is 5.29. The number of hydrogen-bond acceptors (Lipinski definition) is 7. The third kappa shape index (κ3) is 4.54. The highest BCUT2D eigenvalue weighted by Gasteiger charge is 2.07. The molecule has 1 aromatic heterocycles. The predicted molar refractivity (Wildman–Crippen MR) is 81.6 cm³/mol. The van der Waals surface area contributed by atoms with E-state index in [-0.39, 0.29) is 11.9 Å². The molecule has 1 heterocycles. The number of anilines is 1. The van der Waals surface area contributed by atoms with E-state index >= 15 is 0 Å². The van der Waals surface area contributed by atoms with Crippen LogP contribution < -0.4 is 5.32 Å². The zero-order chi connectivity index (χ0) is 15.2. The molecule has 8 heteroatoms. The molecule has 0 saturated carbocycles. The number of carbonyl (C=O) groups is 2. The van der Waals surface area contributed by atoms with Crippen molar-refractivity contribution in [1.82, 2.24) is 10.2 Å². The van der Waals surface area contributed by atoms with Crippen molar-refractivity contribution in [3.8, 4) is 0 Å². The van der Waals surface area contributed by atoms with Crippen molar-refractivity contribution >= 4 is 40.1 Å². The highest BCUT2D eigenvalue weighted by molar-refractivity contribution is 8.00. The molecule has 0 spiro atoms. The minimum absolute atomic E-state index is 0.166. The fraction of sp³-hybridized carbons (Fsp3) is 0.231. The van der Waals surface area contributed by atoms with Gasteiger partial charge in [0, 0.05) is 12.7 Å². The van der Waals surface area contributed by atoms with Gasteiger partial charge in [0.25, 0.3) is 0 Å². The molecule has 0 bridgehead atoms. The van der Waals surface area contributed by atoms with Gasteiger partial charge < -0.3 is 10.1 Å². The summed E-state index contributed by atoms with van der Waals surface area (Å²) in [5, 5.41) is 10.9. The molecule has 21 heavy (non-hydrogen) atoms. The number of amides is 1. The van der Waals surface area contributed by atoms with Crippen LogP contribution in [0.3, 0.4) is 0 Å². The number of esters is 1. The van der Waals surface area contributed by atoms with Crippen LogP contribution in [-0.4, -0.2) is 29.2 Å². The Morgan fingerprint density at radius 1 is 1.29 bits per heavy atom. The maximum atomic E-state index is 11.3. The van der Waals surface area contributed by atoms with Crippen molar-refractivity contribution in [3.05, 3.63) is 35.4 Å². The Bertz CT molecular complexity index is 640. The van der Waals surface area contributed by atoms with Crippen LogP contribution >= 0.6 is 23.1 Å². The first-order valence-electron chi connectivity index (χ1n) is 5.99. The number of rotatable bonds is 5. The second-order valence-electron chi connectivity index (χ2n) is 4.03. The summed E-state index contributed by atoms with van der Waals surface area (Å²) in [7, 11) is 1.36. The lowest BCUT2D eigenvalue weighted by Gasteiger charge is -2.01. The van der Waals surface area contributed by atoms with E-state index in [0.29, 0.717) is 16.4 Å². The van der Waals surface area contributed by atoms with Crippen molar-refractivity contribution in [1.29, 1.82) is 0 Å². The molecule has 1 aromatic carbocycles. The molecule has 0 fully saturated rings. The molecule has 0 atom stereocenters. The SMILES string of the molecule is COC(=O)c1ccc(CSc2nnc(NC(C)=O)s2)cc1. The van der Waals surface area contributed by atoms with Crippen molar-refractivity contribution in [3.63, 3.8) is 0 Å². The third-order valence-corrected chi connectivity index (χ3v) is 4.47. The zero-order valence-corrected chi connectivity index (χ0v) is 13.1. The molecule has 0 aliphatic rings. The average molecular weight is 323 g/mol. The van der Waals surface area contributed by atoms with Crippen LogP contribution in [0.2, 0.25) is 0 Å². The third-order valence-electron chi connectivity index (χ3n) is 2.43. The van der Waals surface area contributed by atoms with Gasteiger partial charge >= 0.3 is 5.97 Å². The number of methoxy groups -OCH3 is 1. The van der Waals surface area contributed by atoms with Crippen molar-refractivity contribution in [2.75, 3.05) is 12.4 Å². The summed E-state index contributed by atoms with van der Waals surface area (Å²) in [6.07, 6.45) is 0. The van der Waals surface area contributed by atoms with E-state index in [1.165, 1.54) is 37.1 Å². The summed E-state index contributed by atoms with van der Waals surface area (Å²) in [5.74, 6) is 0.190. The number of nitrogens with one attached hydrogen (secondary N) is 1. The van der Waals surface area contributed by atoms with Gasteiger partial charge in [-0.1, -0.05) is 35.2 Å². The van der Waals surface area contributed by atoms with Crippen LogP contribution in [0.15, 0.2) is 28.6 Å². The Morgan fingerprint density at radius 3 is 2.62 bits per heavy atom. The normalized spacial score (nSPS) is 10.2. The van der Waals surface area contributed by atoms with E-state index in [1.807, 2.05) is 12.1 Å². The van der Waals surface area contributed by atoms with E-state index in [1.54, 1.807) is 12.1 Å². The minimum Gasteiger partial charge on any atom is -0.465 e. The van der Waals surface area contributed by atoms with Gasteiger partial charge in [-0.3, -0.25) is 4.79 Å². The summed E-state index contributed by atoms with van der Waals surface area (Å²) in [5.41, 5.74) is 1.58. The van der Waals surface area contributed by atoms with Crippen LogP contribution in [0.4, 0.5) is 5.13 Å². The molecular formula is C13H13N3O3S2. The minimum atomic E-state index is -0.349. The maximum Gasteiger partial charge on any atom is 0.337 e. The number of benzene rings is 1. The van der Waals surface area contributed by atoms with Gasteiger partial charge in [0.1, 0.15) is 0 Å². The first kappa shape index (κ1) is 15.5. The smallest absolute Gasteiger partial charge is 0.337 e. The molecule has 0 aliphatic heterocycles. The van der Waals surface area contributed by atoms with Crippen molar-refractivity contribution < 1.29 is 14.3 Å². The number of thioether (sulfide) groups is 1. The Hall–Kier alpha value is -1.93. The van der Waals surface area contributed by atoms with E-state index < -0.39 is 0 Å². The molecule has 6 nitrogen and oxygen atoms in total. The van der Waals surface area contributed by atoms with Gasteiger partial charge in [0.2, 0.25) is 11.0 Å². The quantitative estimate of drug-likeness (QED) is 0.517. The molecule has 1 N–H and O–H groups in total. The van der Waals surface area contributed by atoms with Crippen molar-refractivity contribution in [2.24, 2.45) is 0 Å². The summed E-state index contributed by atoms with van der Waals surface area (Å²) < 4.78 is 5.42. The summed E-state index contributed by atoms with van der Waals surface area (Å²) in [6.45, 7) is 1.43. The molecule has 1 amide bonds. The van der Waals surface area contributed by atoms with Gasteiger partial charge in [-0.05, 0) is 17.7 Å². The monoisotopic (exact) mass is 323 g/mol. The van der Waals surface area contributed by atoms with Gasteiger partial charge in [0.05, 0.1) is 12.7 Å². The molecule has 0 radical (unpaired) electrons. The van der Waals surface area contributed by atoms with Crippen LogP contribution in [0.25, 0.3) is 0 Å². The lowest BCUT2D eigenvalue weighted by Crippen LogP contribution is -2.04. The van der Waals surface area contributed by atoms with Crippen LogP contribution in [0.1, 0.15) is 22.8 Å².